The minimum absolute atomic E-state index is 0.0904. The highest BCUT2D eigenvalue weighted by molar-refractivity contribution is 5.49. The molecule has 0 fully saturated rings. The van der Waals surface area contributed by atoms with E-state index in [4.69, 9.17) is 0 Å². The maximum absolute atomic E-state index is 10.2. The minimum Gasteiger partial charge on any atom is -0.388 e. The molecule has 1 heteroatoms. The first-order chi connectivity index (χ1) is 8.77. The Morgan fingerprint density at radius 2 is 1.44 bits per heavy atom. The molecule has 0 saturated carbocycles. The molecule has 0 bridgehead atoms. The molecule has 1 nitrogen and oxygen atoms in total. The third kappa shape index (κ3) is 3.31. The lowest BCUT2D eigenvalue weighted by Crippen LogP contribution is -2.06. The molecule has 2 atom stereocenters. The Labute approximate surface area is 108 Å². The maximum atomic E-state index is 10.2. The Morgan fingerprint density at radius 3 is 2.06 bits per heavy atom. The van der Waals surface area contributed by atoms with Crippen molar-refractivity contribution < 1.29 is 5.11 Å². The van der Waals surface area contributed by atoms with E-state index in [1.165, 1.54) is 0 Å². The largest absolute Gasteiger partial charge is 0.388 e. The fourth-order valence-electron chi connectivity index (χ4n) is 1.89. The molecule has 2 rings (SSSR count). The van der Waals surface area contributed by atoms with Crippen LogP contribution in [0.2, 0.25) is 0 Å². The molecule has 0 radical (unpaired) electrons. The number of aliphatic hydroxyl groups excluding tert-OH is 1. The molecular weight excluding hydrogens is 220 g/mol. The molecule has 0 aliphatic carbocycles. The third-order valence-electron chi connectivity index (χ3n) is 3.03. The minimum atomic E-state index is -0.453. The standard InChI is InChI=1S/C17H18O/c1-14(12-13-15-8-4-2-5-9-15)17(18)16-10-6-3-7-11-16/h2-14,17-18H,1H3/b13-12-/t14-,17?/m1/s1. The number of hydrogen-bond donors (Lipinski definition) is 1. The number of benzene rings is 2. The lowest BCUT2D eigenvalue weighted by atomic mass is 9.96. The van der Waals surface area contributed by atoms with Crippen LogP contribution >= 0.6 is 0 Å². The van der Waals surface area contributed by atoms with E-state index in [1.54, 1.807) is 0 Å². The Kier molecular flexibility index (Phi) is 4.32. The van der Waals surface area contributed by atoms with Crippen LogP contribution in [0.4, 0.5) is 0 Å². The van der Waals surface area contributed by atoms with Crippen LogP contribution in [0, 0.1) is 5.92 Å². The summed E-state index contributed by atoms with van der Waals surface area (Å²) in [5.74, 6) is 0.0904. The van der Waals surface area contributed by atoms with Crippen LogP contribution in [0.1, 0.15) is 24.2 Å². The second-order valence-electron chi connectivity index (χ2n) is 4.48. The zero-order valence-electron chi connectivity index (χ0n) is 10.5. The Hall–Kier alpha value is -1.86. The van der Waals surface area contributed by atoms with Crippen LogP contribution in [0.25, 0.3) is 6.08 Å². The zero-order chi connectivity index (χ0) is 12.8. The first-order valence-corrected chi connectivity index (χ1v) is 6.23. The van der Waals surface area contributed by atoms with Gasteiger partial charge in [0.1, 0.15) is 0 Å². The fourth-order valence-corrected chi connectivity index (χ4v) is 1.89. The van der Waals surface area contributed by atoms with Crippen molar-refractivity contribution in [2.45, 2.75) is 13.0 Å². The molecule has 2 aromatic rings. The van der Waals surface area contributed by atoms with Crippen LogP contribution in [0.5, 0.6) is 0 Å². The van der Waals surface area contributed by atoms with Gasteiger partial charge in [0.2, 0.25) is 0 Å². The highest BCUT2D eigenvalue weighted by Gasteiger charge is 2.12. The van der Waals surface area contributed by atoms with Crippen molar-refractivity contribution in [3.8, 4) is 0 Å². The van der Waals surface area contributed by atoms with Crippen molar-refractivity contribution in [2.75, 3.05) is 0 Å². The highest BCUT2D eigenvalue weighted by atomic mass is 16.3. The van der Waals surface area contributed by atoms with Gasteiger partial charge in [0.25, 0.3) is 0 Å². The normalized spacial score (nSPS) is 14.6. The van der Waals surface area contributed by atoms with E-state index >= 15 is 0 Å². The second-order valence-corrected chi connectivity index (χ2v) is 4.48. The second kappa shape index (κ2) is 6.18. The molecule has 0 saturated heterocycles. The molecular formula is C17H18O. The highest BCUT2D eigenvalue weighted by Crippen LogP contribution is 2.23. The summed E-state index contributed by atoms with van der Waals surface area (Å²) in [5, 5.41) is 10.2. The van der Waals surface area contributed by atoms with E-state index in [2.05, 4.69) is 18.2 Å². The molecule has 1 N–H and O–H groups in total. The molecule has 2 aromatic carbocycles. The number of hydrogen-bond acceptors (Lipinski definition) is 1. The van der Waals surface area contributed by atoms with Gasteiger partial charge in [-0.05, 0) is 11.1 Å². The van der Waals surface area contributed by atoms with Crippen LogP contribution in [0.15, 0.2) is 66.7 Å². The van der Waals surface area contributed by atoms with Crippen LogP contribution < -0.4 is 0 Å². The van der Waals surface area contributed by atoms with E-state index in [0.717, 1.165) is 11.1 Å². The summed E-state index contributed by atoms with van der Waals surface area (Å²) in [4.78, 5) is 0. The van der Waals surface area contributed by atoms with Gasteiger partial charge < -0.3 is 5.11 Å². The monoisotopic (exact) mass is 238 g/mol. The zero-order valence-corrected chi connectivity index (χ0v) is 10.5. The van der Waals surface area contributed by atoms with Gasteiger partial charge in [0.15, 0.2) is 0 Å². The predicted molar refractivity (Wildman–Crippen MR) is 76.0 cm³/mol. The summed E-state index contributed by atoms with van der Waals surface area (Å²) in [6, 6.07) is 19.9. The van der Waals surface area contributed by atoms with Gasteiger partial charge >= 0.3 is 0 Å². The lowest BCUT2D eigenvalue weighted by Gasteiger charge is -2.15. The van der Waals surface area contributed by atoms with Gasteiger partial charge in [0.05, 0.1) is 6.10 Å². The quantitative estimate of drug-likeness (QED) is 0.851. The molecule has 0 aliphatic heterocycles. The van der Waals surface area contributed by atoms with Crippen molar-refractivity contribution in [1.82, 2.24) is 0 Å². The topological polar surface area (TPSA) is 20.2 Å². The summed E-state index contributed by atoms with van der Waals surface area (Å²) in [6.45, 7) is 2.02. The Morgan fingerprint density at radius 1 is 0.889 bits per heavy atom. The van der Waals surface area contributed by atoms with Crippen LogP contribution in [0.3, 0.4) is 0 Å². The van der Waals surface area contributed by atoms with E-state index in [1.807, 2.05) is 61.5 Å². The van der Waals surface area contributed by atoms with Crippen molar-refractivity contribution in [3.05, 3.63) is 77.9 Å². The molecule has 0 aromatic heterocycles. The smallest absolute Gasteiger partial charge is 0.0850 e. The molecule has 0 aliphatic rings. The molecule has 18 heavy (non-hydrogen) atoms. The summed E-state index contributed by atoms with van der Waals surface area (Å²) in [6.07, 6.45) is 3.65. The van der Waals surface area contributed by atoms with Gasteiger partial charge in [-0.25, -0.2) is 0 Å². The summed E-state index contributed by atoms with van der Waals surface area (Å²) >= 11 is 0. The van der Waals surface area contributed by atoms with E-state index in [0.29, 0.717) is 0 Å². The molecule has 0 spiro atoms. The van der Waals surface area contributed by atoms with Crippen LogP contribution in [-0.2, 0) is 0 Å². The summed E-state index contributed by atoms with van der Waals surface area (Å²) in [7, 11) is 0. The predicted octanol–water partition coefficient (Wildman–Crippen LogP) is 4.07. The van der Waals surface area contributed by atoms with Crippen molar-refractivity contribution in [3.63, 3.8) is 0 Å². The Bertz CT molecular complexity index is 488. The van der Waals surface area contributed by atoms with E-state index in [9.17, 15) is 5.11 Å². The first kappa shape index (κ1) is 12.6. The van der Waals surface area contributed by atoms with Gasteiger partial charge in [-0.15, -0.1) is 0 Å². The lowest BCUT2D eigenvalue weighted by molar-refractivity contribution is 0.140. The van der Waals surface area contributed by atoms with Crippen molar-refractivity contribution in [2.24, 2.45) is 5.92 Å². The number of rotatable bonds is 4. The van der Waals surface area contributed by atoms with Crippen molar-refractivity contribution >= 4 is 6.08 Å². The average molecular weight is 238 g/mol. The molecule has 1 unspecified atom stereocenters. The van der Waals surface area contributed by atoms with Crippen LogP contribution in [-0.4, -0.2) is 5.11 Å². The van der Waals surface area contributed by atoms with Gasteiger partial charge in [0, 0.05) is 5.92 Å². The number of aliphatic hydroxyl groups is 1. The van der Waals surface area contributed by atoms with Gasteiger partial charge in [-0.3, -0.25) is 0 Å². The average Bonchev–Trinajstić information content (AvgIpc) is 2.46. The summed E-state index contributed by atoms with van der Waals surface area (Å²) < 4.78 is 0. The third-order valence-corrected chi connectivity index (χ3v) is 3.03. The molecule has 92 valence electrons. The summed E-state index contributed by atoms with van der Waals surface area (Å²) in [5.41, 5.74) is 2.12. The maximum Gasteiger partial charge on any atom is 0.0850 e. The van der Waals surface area contributed by atoms with Crippen molar-refractivity contribution in [1.29, 1.82) is 0 Å². The van der Waals surface area contributed by atoms with Gasteiger partial charge in [-0.1, -0.05) is 79.7 Å². The molecule has 0 heterocycles. The SMILES string of the molecule is C[C@H](/C=C\c1ccccc1)C(O)c1ccccc1. The van der Waals surface area contributed by atoms with E-state index < -0.39 is 6.10 Å². The molecule has 0 amide bonds. The Balaban J connectivity index is 2.04. The fraction of sp³-hybridized carbons (Fsp3) is 0.176. The van der Waals surface area contributed by atoms with E-state index in [-0.39, 0.29) is 5.92 Å². The first-order valence-electron chi connectivity index (χ1n) is 6.23. The van der Waals surface area contributed by atoms with Gasteiger partial charge in [-0.2, -0.15) is 0 Å².